The molecule has 0 spiro atoms. The van der Waals surface area contributed by atoms with E-state index in [-0.39, 0.29) is 11.9 Å². The zero-order valence-electron chi connectivity index (χ0n) is 12.6. The number of thiophene rings is 1. The van der Waals surface area contributed by atoms with Crippen molar-refractivity contribution in [1.82, 2.24) is 4.90 Å². The number of hydrogen-bond acceptors (Lipinski definition) is 4. The molecule has 1 aliphatic heterocycles. The molecule has 2 aromatic rings. The molecule has 1 fully saturated rings. The van der Waals surface area contributed by atoms with E-state index in [1.165, 1.54) is 11.3 Å². The first-order valence-corrected chi connectivity index (χ1v) is 9.32. The van der Waals surface area contributed by atoms with E-state index >= 15 is 0 Å². The van der Waals surface area contributed by atoms with Gasteiger partial charge in [-0.3, -0.25) is 9.59 Å². The first-order chi connectivity index (χ1) is 11.1. The number of carbonyl (C=O) groups excluding carboxylic acids is 2. The molecular formula is C17H18N2O2S2. The molecule has 1 saturated heterocycles. The van der Waals surface area contributed by atoms with E-state index < -0.39 is 5.91 Å². The molecule has 1 aliphatic rings. The number of thioether (sulfide) groups is 1. The van der Waals surface area contributed by atoms with Crippen molar-refractivity contribution in [1.29, 1.82) is 0 Å². The van der Waals surface area contributed by atoms with Crippen molar-refractivity contribution in [2.75, 3.05) is 12.3 Å². The van der Waals surface area contributed by atoms with E-state index in [2.05, 4.69) is 0 Å². The molecule has 1 aromatic heterocycles. The van der Waals surface area contributed by atoms with Crippen LogP contribution < -0.4 is 5.73 Å². The number of hydrogen-bond donors (Lipinski definition) is 1. The lowest BCUT2D eigenvalue weighted by atomic mass is 10.2. The van der Waals surface area contributed by atoms with Gasteiger partial charge in [0.25, 0.3) is 5.91 Å². The number of carbonyl (C=O) groups is 2. The molecule has 0 aliphatic carbocycles. The van der Waals surface area contributed by atoms with Gasteiger partial charge in [-0.2, -0.15) is 0 Å². The van der Waals surface area contributed by atoms with Gasteiger partial charge in [0.05, 0.1) is 16.7 Å². The van der Waals surface area contributed by atoms with Gasteiger partial charge in [0.15, 0.2) is 0 Å². The summed E-state index contributed by atoms with van der Waals surface area (Å²) in [7, 11) is 0. The molecule has 120 valence electrons. The minimum Gasteiger partial charge on any atom is -0.365 e. The Labute approximate surface area is 143 Å². The predicted octanol–water partition coefficient (Wildman–Crippen LogP) is 3.30. The zero-order chi connectivity index (χ0) is 16.2. The van der Waals surface area contributed by atoms with Crippen molar-refractivity contribution in [2.24, 2.45) is 5.73 Å². The second-order valence-electron chi connectivity index (χ2n) is 5.41. The Morgan fingerprint density at radius 1 is 1.22 bits per heavy atom. The van der Waals surface area contributed by atoms with E-state index in [1.54, 1.807) is 17.8 Å². The standard InChI is InChI=1S/C17H18N2O2S2/c18-17(21)15-9-8-14(23-15)13-7-4-10-19(13)16(20)11-22-12-5-2-1-3-6-12/h1-3,5-6,8-9,13H,4,7,10-11H2,(H2,18,21). The third-order valence-electron chi connectivity index (χ3n) is 3.88. The van der Waals surface area contributed by atoms with Crippen LogP contribution in [0.5, 0.6) is 0 Å². The highest BCUT2D eigenvalue weighted by molar-refractivity contribution is 8.00. The Bertz CT molecular complexity index is 700. The van der Waals surface area contributed by atoms with Crippen LogP contribution in [0.25, 0.3) is 0 Å². The first kappa shape index (κ1) is 16.1. The second kappa shape index (κ2) is 7.19. The summed E-state index contributed by atoms with van der Waals surface area (Å²) in [5.41, 5.74) is 5.32. The summed E-state index contributed by atoms with van der Waals surface area (Å²) in [4.78, 5) is 28.5. The van der Waals surface area contributed by atoms with Gasteiger partial charge >= 0.3 is 0 Å². The summed E-state index contributed by atoms with van der Waals surface area (Å²) >= 11 is 2.96. The molecule has 0 saturated carbocycles. The Morgan fingerprint density at radius 2 is 2.00 bits per heavy atom. The Hall–Kier alpha value is -1.79. The van der Waals surface area contributed by atoms with Gasteiger partial charge in [0.2, 0.25) is 5.91 Å². The smallest absolute Gasteiger partial charge is 0.258 e. The van der Waals surface area contributed by atoms with Crippen LogP contribution in [0, 0.1) is 0 Å². The number of amides is 2. The summed E-state index contributed by atoms with van der Waals surface area (Å²) in [6.45, 7) is 0.780. The maximum atomic E-state index is 12.6. The van der Waals surface area contributed by atoms with E-state index in [1.807, 2.05) is 41.3 Å². The maximum absolute atomic E-state index is 12.6. The summed E-state index contributed by atoms with van der Waals surface area (Å²) in [5, 5.41) is 0. The molecule has 23 heavy (non-hydrogen) atoms. The molecule has 3 rings (SSSR count). The lowest BCUT2D eigenvalue weighted by molar-refractivity contribution is -0.129. The SMILES string of the molecule is NC(=O)c1ccc(C2CCCN2C(=O)CSc2ccccc2)s1. The largest absolute Gasteiger partial charge is 0.365 e. The van der Waals surface area contributed by atoms with Crippen LogP contribution in [0.2, 0.25) is 0 Å². The van der Waals surface area contributed by atoms with Crippen LogP contribution in [0.15, 0.2) is 47.4 Å². The van der Waals surface area contributed by atoms with Crippen LogP contribution in [0.4, 0.5) is 0 Å². The quantitative estimate of drug-likeness (QED) is 0.845. The predicted molar refractivity (Wildman–Crippen MR) is 93.7 cm³/mol. The van der Waals surface area contributed by atoms with Crippen LogP contribution >= 0.6 is 23.1 Å². The fraction of sp³-hybridized carbons (Fsp3) is 0.294. The normalized spacial score (nSPS) is 17.4. The fourth-order valence-electron chi connectivity index (χ4n) is 2.77. The van der Waals surface area contributed by atoms with E-state index in [0.717, 1.165) is 29.2 Å². The van der Waals surface area contributed by atoms with Gasteiger partial charge in [-0.25, -0.2) is 0 Å². The molecule has 0 radical (unpaired) electrons. The van der Waals surface area contributed by atoms with Crippen LogP contribution in [0.3, 0.4) is 0 Å². The Morgan fingerprint density at radius 3 is 2.70 bits per heavy atom. The molecule has 0 bridgehead atoms. The van der Waals surface area contributed by atoms with E-state index in [4.69, 9.17) is 5.73 Å². The molecule has 1 aromatic carbocycles. The molecule has 2 heterocycles. The fourth-order valence-corrected chi connectivity index (χ4v) is 4.58. The van der Waals surface area contributed by atoms with E-state index in [9.17, 15) is 9.59 Å². The lowest BCUT2D eigenvalue weighted by Gasteiger charge is -2.23. The van der Waals surface area contributed by atoms with Crippen molar-refractivity contribution in [3.63, 3.8) is 0 Å². The summed E-state index contributed by atoms with van der Waals surface area (Å²) in [6, 6.07) is 13.7. The molecule has 1 unspecified atom stereocenters. The monoisotopic (exact) mass is 346 g/mol. The van der Waals surface area contributed by atoms with Crippen molar-refractivity contribution in [3.05, 3.63) is 52.2 Å². The third kappa shape index (κ3) is 3.76. The average molecular weight is 346 g/mol. The van der Waals surface area contributed by atoms with Gasteiger partial charge in [-0.1, -0.05) is 18.2 Å². The third-order valence-corrected chi connectivity index (χ3v) is 6.07. The molecule has 4 nitrogen and oxygen atoms in total. The minimum atomic E-state index is -0.406. The summed E-state index contributed by atoms with van der Waals surface area (Å²) in [5.74, 6) is 0.182. The highest BCUT2D eigenvalue weighted by Crippen LogP contribution is 2.36. The molecular weight excluding hydrogens is 328 g/mol. The number of benzene rings is 1. The molecule has 2 N–H and O–H groups in total. The van der Waals surface area contributed by atoms with Crippen LogP contribution in [-0.2, 0) is 4.79 Å². The second-order valence-corrected chi connectivity index (χ2v) is 7.58. The van der Waals surface area contributed by atoms with Crippen molar-refractivity contribution in [3.8, 4) is 0 Å². The van der Waals surface area contributed by atoms with Crippen molar-refractivity contribution in [2.45, 2.75) is 23.8 Å². The molecule has 6 heteroatoms. The number of primary amides is 1. The maximum Gasteiger partial charge on any atom is 0.258 e. The highest BCUT2D eigenvalue weighted by atomic mass is 32.2. The van der Waals surface area contributed by atoms with Gasteiger partial charge in [-0.05, 0) is 37.1 Å². The van der Waals surface area contributed by atoms with E-state index in [0.29, 0.717) is 10.6 Å². The molecule has 1 atom stereocenters. The minimum absolute atomic E-state index is 0.0805. The zero-order valence-corrected chi connectivity index (χ0v) is 14.2. The van der Waals surface area contributed by atoms with Crippen LogP contribution in [0.1, 0.15) is 33.4 Å². The Kier molecular flexibility index (Phi) is 5.03. The number of nitrogens with two attached hydrogens (primary N) is 1. The van der Waals surface area contributed by atoms with Gasteiger partial charge < -0.3 is 10.6 Å². The number of rotatable bonds is 5. The van der Waals surface area contributed by atoms with Crippen molar-refractivity contribution < 1.29 is 9.59 Å². The first-order valence-electron chi connectivity index (χ1n) is 7.52. The van der Waals surface area contributed by atoms with Gasteiger partial charge in [-0.15, -0.1) is 23.1 Å². The highest BCUT2D eigenvalue weighted by Gasteiger charge is 2.31. The van der Waals surface area contributed by atoms with Crippen molar-refractivity contribution >= 4 is 34.9 Å². The van der Waals surface area contributed by atoms with Crippen LogP contribution in [-0.4, -0.2) is 29.0 Å². The molecule has 2 amide bonds. The van der Waals surface area contributed by atoms with Gasteiger partial charge in [0.1, 0.15) is 0 Å². The summed E-state index contributed by atoms with van der Waals surface area (Å²) in [6.07, 6.45) is 1.94. The topological polar surface area (TPSA) is 63.4 Å². The number of likely N-dealkylation sites (tertiary alicyclic amines) is 1. The van der Waals surface area contributed by atoms with Gasteiger partial charge in [0, 0.05) is 16.3 Å². The average Bonchev–Trinajstić information content (AvgIpc) is 3.22. The Balaban J connectivity index is 1.65. The lowest BCUT2D eigenvalue weighted by Crippen LogP contribution is -2.31. The summed E-state index contributed by atoms with van der Waals surface area (Å²) < 4.78 is 0. The number of nitrogens with zero attached hydrogens (tertiary/aromatic N) is 1.